The first-order chi connectivity index (χ1) is 12.1. The van der Waals surface area contributed by atoms with Crippen molar-refractivity contribution in [2.75, 3.05) is 25.0 Å². The largest absolute Gasteiger partial charge is 0.322 e. The number of anilines is 1. The molecule has 1 heterocycles. The summed E-state index contributed by atoms with van der Waals surface area (Å²) in [7, 11) is 0. The summed E-state index contributed by atoms with van der Waals surface area (Å²) in [5.41, 5.74) is 1.61. The van der Waals surface area contributed by atoms with E-state index in [2.05, 4.69) is 50.4 Å². The third-order valence-electron chi connectivity index (χ3n) is 4.65. The molecule has 132 valence electrons. The molecule has 1 aliphatic rings. The molecule has 2 aromatic carbocycles. The molecular formula is C20H22BrFN2O. The summed E-state index contributed by atoms with van der Waals surface area (Å²) in [5.74, 6) is 0.0812. The van der Waals surface area contributed by atoms with E-state index in [1.807, 2.05) is 6.07 Å². The highest BCUT2D eigenvalue weighted by Crippen LogP contribution is 2.22. The van der Waals surface area contributed by atoms with E-state index in [1.54, 1.807) is 12.1 Å². The summed E-state index contributed by atoms with van der Waals surface area (Å²) in [6, 6.07) is 15.2. The molecule has 5 heteroatoms. The highest BCUT2D eigenvalue weighted by Gasteiger charge is 2.21. The maximum absolute atomic E-state index is 13.8. The number of hydrogen-bond acceptors (Lipinski definition) is 2. The minimum atomic E-state index is -0.427. The topological polar surface area (TPSA) is 32.3 Å². The van der Waals surface area contributed by atoms with Gasteiger partial charge in [0.25, 0.3) is 0 Å². The number of carbonyl (C=O) groups excluding carboxylic acids is 1. The average Bonchev–Trinajstić information content (AvgIpc) is 2.60. The van der Waals surface area contributed by atoms with E-state index in [4.69, 9.17) is 0 Å². The Morgan fingerprint density at radius 1 is 1.16 bits per heavy atom. The summed E-state index contributed by atoms with van der Waals surface area (Å²) in [6.07, 6.45) is 3.29. The van der Waals surface area contributed by atoms with Crippen LogP contribution in [0, 0.1) is 11.7 Å². The molecule has 3 nitrogen and oxygen atoms in total. The smallest absolute Gasteiger partial charge is 0.238 e. The van der Waals surface area contributed by atoms with Crippen LogP contribution >= 0.6 is 15.9 Å². The number of halogens is 2. The lowest BCUT2D eigenvalue weighted by atomic mass is 9.90. The molecule has 0 radical (unpaired) electrons. The fourth-order valence-electron chi connectivity index (χ4n) is 3.28. The number of piperidine rings is 1. The summed E-state index contributed by atoms with van der Waals surface area (Å²) >= 11 is 3.21. The second-order valence-electron chi connectivity index (χ2n) is 6.58. The Morgan fingerprint density at radius 3 is 2.56 bits per heavy atom. The fraction of sp³-hybridized carbons (Fsp3) is 0.350. The van der Waals surface area contributed by atoms with Crippen molar-refractivity contribution in [3.05, 3.63) is 64.4 Å². The van der Waals surface area contributed by atoms with E-state index in [0.717, 1.165) is 32.4 Å². The van der Waals surface area contributed by atoms with E-state index in [9.17, 15) is 9.18 Å². The lowest BCUT2D eigenvalue weighted by Crippen LogP contribution is -2.39. The Labute approximate surface area is 156 Å². The molecule has 2 aromatic rings. The number of rotatable bonds is 5. The van der Waals surface area contributed by atoms with E-state index >= 15 is 0 Å². The molecule has 0 bridgehead atoms. The van der Waals surface area contributed by atoms with Gasteiger partial charge in [-0.2, -0.15) is 0 Å². The number of hydrogen-bond donors (Lipinski definition) is 1. The second kappa shape index (κ2) is 8.59. The van der Waals surface area contributed by atoms with Crippen molar-refractivity contribution in [2.24, 2.45) is 5.92 Å². The molecule has 0 aliphatic carbocycles. The summed E-state index contributed by atoms with van der Waals surface area (Å²) in [5, 5.41) is 2.66. The summed E-state index contributed by atoms with van der Waals surface area (Å²) < 4.78 is 14.4. The van der Waals surface area contributed by atoms with Gasteiger partial charge in [0.05, 0.1) is 12.2 Å². The molecule has 0 unspecified atom stereocenters. The number of benzene rings is 2. The van der Waals surface area contributed by atoms with Crippen LogP contribution in [0.2, 0.25) is 0 Å². The van der Waals surface area contributed by atoms with Crippen molar-refractivity contribution >= 4 is 27.5 Å². The van der Waals surface area contributed by atoms with Crippen molar-refractivity contribution in [2.45, 2.75) is 19.3 Å². The highest BCUT2D eigenvalue weighted by atomic mass is 79.9. The lowest BCUT2D eigenvalue weighted by Gasteiger charge is -2.31. The van der Waals surface area contributed by atoms with Crippen LogP contribution < -0.4 is 5.32 Å². The van der Waals surface area contributed by atoms with Crippen molar-refractivity contribution in [3.63, 3.8) is 0 Å². The van der Waals surface area contributed by atoms with Gasteiger partial charge in [0.2, 0.25) is 5.91 Å². The van der Waals surface area contributed by atoms with Crippen LogP contribution in [0.4, 0.5) is 10.1 Å². The molecule has 1 fully saturated rings. The van der Waals surface area contributed by atoms with Gasteiger partial charge in [-0.25, -0.2) is 4.39 Å². The third kappa shape index (κ3) is 5.38. The SMILES string of the molecule is O=C(CN1CCC(Cc2ccccc2)CC1)Nc1ccc(Br)cc1F. The first kappa shape index (κ1) is 18.1. The maximum Gasteiger partial charge on any atom is 0.238 e. The molecular weight excluding hydrogens is 383 g/mol. The first-order valence-electron chi connectivity index (χ1n) is 8.61. The number of likely N-dealkylation sites (tertiary alicyclic amines) is 1. The van der Waals surface area contributed by atoms with E-state index < -0.39 is 5.82 Å². The zero-order chi connectivity index (χ0) is 17.6. The average molecular weight is 405 g/mol. The Bertz CT molecular complexity index is 715. The predicted octanol–water partition coefficient (Wildman–Crippen LogP) is 4.48. The van der Waals surface area contributed by atoms with Crippen LogP contribution in [0.3, 0.4) is 0 Å². The minimum absolute atomic E-state index is 0.164. The van der Waals surface area contributed by atoms with E-state index in [0.29, 0.717) is 16.9 Å². The van der Waals surface area contributed by atoms with Gasteiger partial charge >= 0.3 is 0 Å². The van der Waals surface area contributed by atoms with Gasteiger partial charge in [0.1, 0.15) is 5.82 Å². The molecule has 0 atom stereocenters. The number of carbonyl (C=O) groups is 1. The Hall–Kier alpha value is -1.72. The monoisotopic (exact) mass is 404 g/mol. The van der Waals surface area contributed by atoms with Gasteiger partial charge in [-0.05, 0) is 62.0 Å². The molecule has 1 amide bonds. The molecule has 0 spiro atoms. The quantitative estimate of drug-likeness (QED) is 0.796. The van der Waals surface area contributed by atoms with Crippen molar-refractivity contribution in [1.29, 1.82) is 0 Å². The van der Waals surface area contributed by atoms with Gasteiger partial charge in [0.15, 0.2) is 0 Å². The van der Waals surface area contributed by atoms with Gasteiger partial charge in [-0.15, -0.1) is 0 Å². The summed E-state index contributed by atoms with van der Waals surface area (Å²) in [4.78, 5) is 14.3. The Balaban J connectivity index is 1.44. The standard InChI is InChI=1S/C20H22BrFN2O/c21-17-6-7-19(18(22)13-17)23-20(25)14-24-10-8-16(9-11-24)12-15-4-2-1-3-5-15/h1-7,13,16H,8-12,14H2,(H,23,25). The van der Waals surface area contributed by atoms with Crippen molar-refractivity contribution in [1.82, 2.24) is 4.90 Å². The molecule has 0 saturated carbocycles. The number of amides is 1. The first-order valence-corrected chi connectivity index (χ1v) is 9.40. The maximum atomic E-state index is 13.8. The molecule has 25 heavy (non-hydrogen) atoms. The minimum Gasteiger partial charge on any atom is -0.322 e. The number of nitrogens with one attached hydrogen (secondary N) is 1. The molecule has 0 aromatic heterocycles. The zero-order valence-electron chi connectivity index (χ0n) is 14.1. The van der Waals surface area contributed by atoms with Gasteiger partial charge in [0, 0.05) is 4.47 Å². The van der Waals surface area contributed by atoms with Crippen LogP contribution in [0.15, 0.2) is 53.0 Å². The van der Waals surface area contributed by atoms with Crippen LogP contribution in [0.25, 0.3) is 0 Å². The fourth-order valence-corrected chi connectivity index (χ4v) is 3.61. The molecule has 1 aliphatic heterocycles. The second-order valence-corrected chi connectivity index (χ2v) is 7.50. The Morgan fingerprint density at radius 2 is 1.88 bits per heavy atom. The van der Waals surface area contributed by atoms with Crippen molar-refractivity contribution < 1.29 is 9.18 Å². The third-order valence-corrected chi connectivity index (χ3v) is 5.14. The predicted molar refractivity (Wildman–Crippen MR) is 102 cm³/mol. The lowest BCUT2D eigenvalue weighted by molar-refractivity contribution is -0.117. The molecule has 1 N–H and O–H groups in total. The molecule has 1 saturated heterocycles. The summed E-state index contributed by atoms with van der Waals surface area (Å²) in [6.45, 7) is 2.13. The highest BCUT2D eigenvalue weighted by molar-refractivity contribution is 9.10. The van der Waals surface area contributed by atoms with Crippen molar-refractivity contribution in [3.8, 4) is 0 Å². The van der Waals surface area contributed by atoms with Gasteiger partial charge in [-0.1, -0.05) is 46.3 Å². The van der Waals surface area contributed by atoms with Crippen LogP contribution in [-0.2, 0) is 11.2 Å². The van der Waals surface area contributed by atoms with Crippen LogP contribution in [-0.4, -0.2) is 30.4 Å². The number of nitrogens with zero attached hydrogens (tertiary/aromatic N) is 1. The van der Waals surface area contributed by atoms with Gasteiger partial charge < -0.3 is 5.32 Å². The van der Waals surface area contributed by atoms with Gasteiger partial charge in [-0.3, -0.25) is 9.69 Å². The van der Waals surface area contributed by atoms with Crippen LogP contribution in [0.5, 0.6) is 0 Å². The molecule has 3 rings (SSSR count). The Kier molecular flexibility index (Phi) is 6.21. The zero-order valence-corrected chi connectivity index (χ0v) is 15.6. The van der Waals surface area contributed by atoms with E-state index in [1.165, 1.54) is 11.6 Å². The van der Waals surface area contributed by atoms with Crippen LogP contribution in [0.1, 0.15) is 18.4 Å². The normalized spacial score (nSPS) is 15.9. The van der Waals surface area contributed by atoms with E-state index in [-0.39, 0.29) is 11.6 Å².